The fourth-order valence-electron chi connectivity index (χ4n) is 6.65. The van der Waals surface area contributed by atoms with Crippen molar-refractivity contribution in [1.82, 2.24) is 0 Å². The Bertz CT molecular complexity index is 3680. The standard InChI is InChI=1S/C46H28O/c1-2-13-33-28-43-41(27-32(33)12-1)46-40(21-10-22-42(46)47-43)45-38-18-7-5-16-36(38)44(37-17-6-8-19-39(37)45)31-25-23-30(24-26-31)35-20-9-14-29-11-3-4-15-34(29)35/h1-28H/i1D,2D,3D,4D,9D,10D,11D,12D,13D,14D,15D,20D,21D,22D,27D,28D. The third kappa shape index (κ3) is 3.97. The molecule has 1 aromatic heterocycles. The van der Waals surface area contributed by atoms with Gasteiger partial charge in [-0.25, -0.2) is 0 Å². The SMILES string of the molecule is [2H]c1c([2H])c(-c2c3ccccc3c(-c3ccc(-c4c([2H])c([2H])c([2H])c5c([2H])c([2H])c([2H])c([2H])c45)cc3)c3ccccc23)c2c(oc3c([2H])c4c([2H])c([2H])c([2H])c([2H])c4c([2H])c32)c1[2H]. The normalized spacial score (nSPS) is 16.6. The molecule has 1 heterocycles. The van der Waals surface area contributed by atoms with Gasteiger partial charge in [-0.1, -0.05) is 151 Å². The Morgan fingerprint density at radius 1 is 0.383 bits per heavy atom. The van der Waals surface area contributed by atoms with Gasteiger partial charge in [0.2, 0.25) is 0 Å². The van der Waals surface area contributed by atoms with Crippen molar-refractivity contribution in [2.45, 2.75) is 0 Å². The van der Waals surface area contributed by atoms with Crippen molar-refractivity contribution in [2.24, 2.45) is 0 Å². The van der Waals surface area contributed by atoms with Crippen LogP contribution in [0.25, 0.3) is 98.4 Å². The van der Waals surface area contributed by atoms with Gasteiger partial charge in [-0.05, 0) is 94.6 Å². The highest BCUT2D eigenvalue weighted by Crippen LogP contribution is 2.47. The minimum absolute atomic E-state index is 0.0292. The lowest BCUT2D eigenvalue weighted by Crippen LogP contribution is -1.91. The van der Waals surface area contributed by atoms with E-state index in [1.54, 1.807) is 36.4 Å². The summed E-state index contributed by atoms with van der Waals surface area (Å²) >= 11 is 0. The topological polar surface area (TPSA) is 13.1 Å². The lowest BCUT2D eigenvalue weighted by molar-refractivity contribution is 0.669. The summed E-state index contributed by atoms with van der Waals surface area (Å²) in [5.74, 6) is 0. The quantitative estimate of drug-likeness (QED) is 0.181. The van der Waals surface area contributed by atoms with E-state index in [2.05, 4.69) is 0 Å². The molecule has 0 saturated carbocycles. The van der Waals surface area contributed by atoms with Crippen molar-refractivity contribution in [3.63, 3.8) is 0 Å². The summed E-state index contributed by atoms with van der Waals surface area (Å²) in [7, 11) is 0. The van der Waals surface area contributed by atoms with Crippen LogP contribution in [0, 0.1) is 0 Å². The van der Waals surface area contributed by atoms with Crippen molar-refractivity contribution >= 4 is 65.0 Å². The number of benzene rings is 9. The highest BCUT2D eigenvalue weighted by atomic mass is 16.3. The predicted molar refractivity (Wildman–Crippen MR) is 200 cm³/mol. The Hall–Kier alpha value is -6.18. The molecule has 0 aliphatic carbocycles. The minimum atomic E-state index is -0.586. The molecule has 0 N–H and O–H groups in total. The van der Waals surface area contributed by atoms with Crippen LogP contribution in [0.15, 0.2) is 174 Å². The van der Waals surface area contributed by atoms with E-state index >= 15 is 0 Å². The molecule has 0 saturated heterocycles. The third-order valence-electron chi connectivity index (χ3n) is 8.65. The van der Waals surface area contributed by atoms with Crippen molar-refractivity contribution in [3.8, 4) is 33.4 Å². The molecule has 0 aliphatic heterocycles. The molecule has 9 aromatic carbocycles. The monoisotopic (exact) mass is 612 g/mol. The molecular formula is C46H28O. The van der Waals surface area contributed by atoms with Crippen LogP contribution in [0.5, 0.6) is 0 Å². The molecule has 218 valence electrons. The summed E-state index contributed by atoms with van der Waals surface area (Å²) < 4.78 is 146. The second-order valence-corrected chi connectivity index (χ2v) is 11.2. The largest absolute Gasteiger partial charge is 0.456 e. The summed E-state index contributed by atoms with van der Waals surface area (Å²) in [5.41, 5.74) is 2.12. The van der Waals surface area contributed by atoms with Gasteiger partial charge in [-0.15, -0.1) is 0 Å². The Labute approximate surface area is 294 Å². The molecule has 0 unspecified atom stereocenters. The zero-order valence-corrected chi connectivity index (χ0v) is 24.3. The molecular weight excluding hydrogens is 569 g/mol. The molecule has 0 fully saturated rings. The Kier molecular flexibility index (Phi) is 3.23. The summed E-state index contributed by atoms with van der Waals surface area (Å²) in [5, 5.41) is 2.05. The summed E-state index contributed by atoms with van der Waals surface area (Å²) in [6.07, 6.45) is 0. The molecule has 0 spiro atoms. The van der Waals surface area contributed by atoms with Gasteiger partial charge in [0.15, 0.2) is 0 Å². The zero-order valence-electron chi connectivity index (χ0n) is 40.3. The van der Waals surface area contributed by atoms with Crippen molar-refractivity contribution in [1.29, 1.82) is 0 Å². The smallest absolute Gasteiger partial charge is 0.136 e. The van der Waals surface area contributed by atoms with E-state index in [0.29, 0.717) is 38.2 Å². The Morgan fingerprint density at radius 2 is 0.936 bits per heavy atom. The molecule has 0 atom stereocenters. The Morgan fingerprint density at radius 3 is 1.66 bits per heavy atom. The van der Waals surface area contributed by atoms with Crippen LogP contribution >= 0.6 is 0 Å². The first-order valence-corrected chi connectivity index (χ1v) is 14.9. The third-order valence-corrected chi connectivity index (χ3v) is 8.65. The van der Waals surface area contributed by atoms with E-state index < -0.39 is 78.6 Å². The van der Waals surface area contributed by atoms with Crippen LogP contribution in [0.1, 0.15) is 21.9 Å². The van der Waals surface area contributed by atoms with Crippen LogP contribution in [-0.2, 0) is 0 Å². The second kappa shape index (κ2) is 10.2. The number of hydrogen-bond acceptors (Lipinski definition) is 1. The fourth-order valence-corrected chi connectivity index (χ4v) is 6.65. The lowest BCUT2D eigenvalue weighted by atomic mass is 9.84. The van der Waals surface area contributed by atoms with E-state index in [9.17, 15) is 2.74 Å². The predicted octanol–water partition coefficient (Wildman–Crippen LogP) is 13.2. The van der Waals surface area contributed by atoms with E-state index in [1.165, 1.54) is 0 Å². The molecule has 1 heteroatoms. The minimum Gasteiger partial charge on any atom is -0.456 e. The molecule has 10 rings (SSSR count). The average molecular weight is 613 g/mol. The average Bonchev–Trinajstić information content (AvgIpc) is 3.69. The molecule has 0 radical (unpaired) electrons. The van der Waals surface area contributed by atoms with Crippen LogP contribution < -0.4 is 0 Å². The number of hydrogen-bond donors (Lipinski definition) is 0. The van der Waals surface area contributed by atoms with Gasteiger partial charge in [0.1, 0.15) is 11.2 Å². The van der Waals surface area contributed by atoms with E-state index in [1.807, 2.05) is 36.4 Å². The maximum atomic E-state index is 9.46. The van der Waals surface area contributed by atoms with Crippen molar-refractivity contribution < 1.29 is 26.3 Å². The first kappa shape index (κ1) is 14.9. The van der Waals surface area contributed by atoms with Gasteiger partial charge in [0, 0.05) is 10.8 Å². The van der Waals surface area contributed by atoms with E-state index in [4.69, 9.17) is 23.6 Å². The van der Waals surface area contributed by atoms with Gasteiger partial charge in [-0.3, -0.25) is 0 Å². The van der Waals surface area contributed by atoms with E-state index in [0.717, 1.165) is 5.56 Å². The summed E-state index contributed by atoms with van der Waals surface area (Å²) in [6, 6.07) is 14.2. The molecule has 10 aromatic rings. The molecule has 0 bridgehead atoms. The summed E-state index contributed by atoms with van der Waals surface area (Å²) in [6.45, 7) is 0. The zero-order chi connectivity index (χ0) is 44.8. The van der Waals surface area contributed by atoms with Gasteiger partial charge in [0.05, 0.1) is 21.9 Å². The van der Waals surface area contributed by atoms with Crippen LogP contribution in [0.2, 0.25) is 0 Å². The van der Waals surface area contributed by atoms with Crippen molar-refractivity contribution in [3.05, 3.63) is 169 Å². The van der Waals surface area contributed by atoms with E-state index in [-0.39, 0.29) is 72.7 Å². The van der Waals surface area contributed by atoms with Crippen LogP contribution in [0.3, 0.4) is 0 Å². The lowest BCUT2D eigenvalue weighted by Gasteiger charge is -2.18. The number of furan rings is 1. The summed E-state index contributed by atoms with van der Waals surface area (Å²) in [4.78, 5) is 0. The first-order chi connectivity index (χ1) is 30.0. The van der Waals surface area contributed by atoms with Crippen molar-refractivity contribution in [2.75, 3.05) is 0 Å². The van der Waals surface area contributed by atoms with Crippen LogP contribution in [-0.4, -0.2) is 0 Å². The first-order valence-electron chi connectivity index (χ1n) is 22.9. The number of rotatable bonds is 3. The van der Waals surface area contributed by atoms with Gasteiger partial charge in [0.25, 0.3) is 0 Å². The van der Waals surface area contributed by atoms with Crippen LogP contribution in [0.4, 0.5) is 0 Å². The Balaban J connectivity index is 1.29. The maximum absolute atomic E-state index is 9.46. The maximum Gasteiger partial charge on any atom is 0.136 e. The molecule has 0 aliphatic rings. The molecule has 47 heavy (non-hydrogen) atoms. The highest BCUT2D eigenvalue weighted by Gasteiger charge is 2.20. The highest BCUT2D eigenvalue weighted by molar-refractivity contribution is 6.26. The van der Waals surface area contributed by atoms with Gasteiger partial charge < -0.3 is 4.42 Å². The second-order valence-electron chi connectivity index (χ2n) is 11.2. The fraction of sp³-hybridized carbons (Fsp3) is 0. The molecule has 0 amide bonds. The van der Waals surface area contributed by atoms with Gasteiger partial charge in [-0.2, -0.15) is 0 Å². The molecule has 1 nitrogen and oxygen atoms in total. The number of fused-ring (bicyclic) bond motifs is 7. The van der Waals surface area contributed by atoms with Gasteiger partial charge >= 0.3 is 0 Å².